The van der Waals surface area contributed by atoms with Crippen molar-refractivity contribution in [2.45, 2.75) is 19.6 Å². The monoisotopic (exact) mass is 673 g/mol. The van der Waals surface area contributed by atoms with E-state index in [2.05, 4.69) is 102 Å². The molecule has 0 fully saturated rings. The Labute approximate surface area is 233 Å². The van der Waals surface area contributed by atoms with Gasteiger partial charge in [-0.3, -0.25) is 0 Å². The van der Waals surface area contributed by atoms with Crippen LogP contribution in [0.15, 0.2) is 116 Å². The maximum atomic E-state index is 4.58. The minimum atomic E-state index is -1.34. The molecule has 0 N–H and O–H groups in total. The second-order valence-corrected chi connectivity index (χ2v) is 14.9. The average molecular weight is 673 g/mol. The van der Waals surface area contributed by atoms with Crippen LogP contribution in [0.4, 0.5) is 0 Å². The van der Waals surface area contributed by atoms with E-state index in [1.807, 2.05) is 48.7 Å². The molecular formula is C33H28IrN2Si-2. The molecule has 0 atom stereocenters. The molecule has 37 heavy (non-hydrogen) atoms. The molecule has 0 bridgehead atoms. The first kappa shape index (κ1) is 26.6. The van der Waals surface area contributed by atoms with Crippen LogP contribution < -0.4 is 5.19 Å². The Morgan fingerprint density at radius 1 is 0.595 bits per heavy atom. The van der Waals surface area contributed by atoms with Gasteiger partial charge in [0.15, 0.2) is 0 Å². The van der Waals surface area contributed by atoms with E-state index < -0.39 is 8.07 Å². The van der Waals surface area contributed by atoms with E-state index in [1.54, 1.807) is 6.20 Å². The minimum Gasteiger partial charge on any atom is -0.305 e. The number of pyridine rings is 2. The standard InChI is InChI=1S/C22H20NSi.C11H8N.Ir/c1-24(2,3)19-12-13-23-22(15-19)18-10-11-21-17(14-18)9-8-16-6-4-5-7-20(16)21;1-2-6-10(7-3-1)11-8-4-5-9-12-11;/h4-9,11-15H,1-3H3;1-6,8-9H;/q2*-1;. The Bertz CT molecular complexity index is 1570. The van der Waals surface area contributed by atoms with Gasteiger partial charge in [-0.05, 0) is 28.9 Å². The van der Waals surface area contributed by atoms with Crippen molar-refractivity contribution in [3.05, 3.63) is 128 Å². The van der Waals surface area contributed by atoms with Gasteiger partial charge in [0, 0.05) is 32.5 Å². The van der Waals surface area contributed by atoms with Gasteiger partial charge in [-0.25, -0.2) is 0 Å². The second-order valence-electron chi connectivity index (χ2n) is 9.81. The Balaban J connectivity index is 0.000000208. The first-order valence-electron chi connectivity index (χ1n) is 12.2. The molecule has 1 radical (unpaired) electrons. The SMILES string of the molecule is C[Si](C)(C)c1ccnc(-c2[c-]cc3c(ccc4ccccc43)c2)c1.[Ir].[c-]1ccccc1-c1ccccn1. The average Bonchev–Trinajstić information content (AvgIpc) is 2.93. The molecule has 4 heteroatoms. The van der Waals surface area contributed by atoms with Crippen LogP contribution in [0.25, 0.3) is 44.1 Å². The quantitative estimate of drug-likeness (QED) is 0.108. The molecule has 0 saturated heterocycles. The van der Waals surface area contributed by atoms with Crippen molar-refractivity contribution < 1.29 is 20.1 Å². The number of rotatable bonds is 3. The first-order chi connectivity index (χ1) is 17.5. The van der Waals surface area contributed by atoms with Crippen molar-refractivity contribution in [3.8, 4) is 22.5 Å². The van der Waals surface area contributed by atoms with Gasteiger partial charge in [-0.1, -0.05) is 90.2 Å². The maximum absolute atomic E-state index is 4.58. The molecule has 0 saturated carbocycles. The molecule has 0 spiro atoms. The van der Waals surface area contributed by atoms with Gasteiger partial charge >= 0.3 is 0 Å². The van der Waals surface area contributed by atoms with Crippen molar-refractivity contribution in [1.29, 1.82) is 0 Å². The zero-order chi connectivity index (χ0) is 25.0. The zero-order valence-corrected chi connectivity index (χ0v) is 24.6. The molecule has 6 aromatic rings. The van der Waals surface area contributed by atoms with E-state index in [1.165, 1.54) is 26.7 Å². The van der Waals surface area contributed by atoms with Crippen LogP contribution in [0.5, 0.6) is 0 Å². The van der Waals surface area contributed by atoms with Gasteiger partial charge in [-0.15, -0.1) is 65.0 Å². The maximum Gasteiger partial charge on any atom is 0.0767 e. The summed E-state index contributed by atoms with van der Waals surface area (Å²) in [5.74, 6) is 0. The summed E-state index contributed by atoms with van der Waals surface area (Å²) in [6.45, 7) is 7.09. The molecule has 0 aliphatic carbocycles. The summed E-state index contributed by atoms with van der Waals surface area (Å²) >= 11 is 0. The van der Waals surface area contributed by atoms with Crippen LogP contribution in [0.2, 0.25) is 19.6 Å². The third-order valence-electron chi connectivity index (χ3n) is 6.23. The van der Waals surface area contributed by atoms with Crippen LogP contribution in [-0.4, -0.2) is 18.0 Å². The van der Waals surface area contributed by atoms with E-state index in [-0.39, 0.29) is 20.1 Å². The van der Waals surface area contributed by atoms with E-state index >= 15 is 0 Å². The predicted octanol–water partition coefficient (Wildman–Crippen LogP) is 7.95. The van der Waals surface area contributed by atoms with Crippen LogP contribution >= 0.6 is 0 Å². The van der Waals surface area contributed by atoms with Crippen molar-refractivity contribution in [1.82, 2.24) is 9.97 Å². The summed E-state index contributed by atoms with van der Waals surface area (Å²) < 4.78 is 0. The Morgan fingerprint density at radius 2 is 1.35 bits per heavy atom. The number of hydrogen-bond acceptors (Lipinski definition) is 2. The van der Waals surface area contributed by atoms with Crippen molar-refractivity contribution >= 4 is 34.8 Å². The molecule has 2 nitrogen and oxygen atoms in total. The topological polar surface area (TPSA) is 25.8 Å². The first-order valence-corrected chi connectivity index (χ1v) is 15.7. The van der Waals surface area contributed by atoms with E-state index in [0.29, 0.717) is 0 Å². The molecule has 185 valence electrons. The smallest absolute Gasteiger partial charge is 0.0767 e. The van der Waals surface area contributed by atoms with Gasteiger partial charge in [-0.2, -0.15) is 0 Å². The van der Waals surface area contributed by atoms with E-state index in [4.69, 9.17) is 0 Å². The van der Waals surface area contributed by atoms with Crippen LogP contribution in [0.1, 0.15) is 0 Å². The fourth-order valence-corrected chi connectivity index (χ4v) is 5.36. The summed E-state index contributed by atoms with van der Waals surface area (Å²) in [5.41, 5.74) is 4.10. The molecule has 2 aromatic heterocycles. The second kappa shape index (κ2) is 11.7. The third-order valence-corrected chi connectivity index (χ3v) is 8.27. The Hall–Kier alpha value is -3.43. The normalized spacial score (nSPS) is 10.9. The molecule has 2 heterocycles. The van der Waals surface area contributed by atoms with Crippen molar-refractivity contribution in [2.75, 3.05) is 0 Å². The van der Waals surface area contributed by atoms with Crippen molar-refractivity contribution in [2.24, 2.45) is 0 Å². The molecule has 0 aliphatic rings. The van der Waals surface area contributed by atoms with E-state index in [9.17, 15) is 0 Å². The largest absolute Gasteiger partial charge is 0.305 e. The van der Waals surface area contributed by atoms with Gasteiger partial charge in [0.05, 0.1) is 8.07 Å². The number of aromatic nitrogens is 2. The summed E-state index contributed by atoms with van der Waals surface area (Å²) in [6.07, 6.45) is 3.72. The summed E-state index contributed by atoms with van der Waals surface area (Å²) in [6, 6.07) is 41.9. The molecule has 6 rings (SSSR count). The third kappa shape index (κ3) is 6.29. The summed E-state index contributed by atoms with van der Waals surface area (Å²) in [5, 5.41) is 6.46. The summed E-state index contributed by atoms with van der Waals surface area (Å²) in [7, 11) is -1.34. The number of nitrogens with zero attached hydrogens (tertiary/aromatic N) is 2. The van der Waals surface area contributed by atoms with Gasteiger partial charge in [0.25, 0.3) is 0 Å². The van der Waals surface area contributed by atoms with Crippen LogP contribution in [-0.2, 0) is 20.1 Å². The summed E-state index contributed by atoms with van der Waals surface area (Å²) in [4.78, 5) is 8.80. The zero-order valence-electron chi connectivity index (χ0n) is 21.2. The Morgan fingerprint density at radius 3 is 2.11 bits per heavy atom. The Kier molecular flexibility index (Phi) is 8.45. The fraction of sp³-hybridized carbons (Fsp3) is 0.0909. The predicted molar refractivity (Wildman–Crippen MR) is 155 cm³/mol. The van der Waals surface area contributed by atoms with Crippen LogP contribution in [0.3, 0.4) is 0 Å². The number of fused-ring (bicyclic) bond motifs is 3. The van der Waals surface area contributed by atoms with Gasteiger partial charge in [0.2, 0.25) is 0 Å². The molecule has 0 unspecified atom stereocenters. The van der Waals surface area contributed by atoms with Crippen LogP contribution in [0, 0.1) is 12.1 Å². The molecule has 0 aliphatic heterocycles. The van der Waals surface area contributed by atoms with Crippen molar-refractivity contribution in [3.63, 3.8) is 0 Å². The molecule has 4 aromatic carbocycles. The molecule has 0 amide bonds. The van der Waals surface area contributed by atoms with Gasteiger partial charge in [0.1, 0.15) is 0 Å². The van der Waals surface area contributed by atoms with Gasteiger partial charge < -0.3 is 9.97 Å². The minimum absolute atomic E-state index is 0. The van der Waals surface area contributed by atoms with E-state index in [0.717, 1.165) is 22.5 Å². The fourth-order valence-electron chi connectivity index (χ4n) is 4.21. The number of hydrogen-bond donors (Lipinski definition) is 0. The molecular weight excluding hydrogens is 645 g/mol. The number of benzene rings is 4.